The van der Waals surface area contributed by atoms with Crippen molar-refractivity contribution in [3.05, 3.63) is 58.4 Å². The summed E-state index contributed by atoms with van der Waals surface area (Å²) in [6, 6.07) is 6.43. The number of pyridine rings is 1. The van der Waals surface area contributed by atoms with Crippen LogP contribution in [0.3, 0.4) is 0 Å². The zero-order chi connectivity index (χ0) is 26.2. The Morgan fingerprint density at radius 1 is 1.14 bits per heavy atom. The number of halogens is 3. The average Bonchev–Trinajstić information content (AvgIpc) is 3.44. The molecule has 1 aromatic heterocycles. The molecular formula is C26H31F3N4O3. The van der Waals surface area contributed by atoms with E-state index in [1.807, 2.05) is 13.0 Å². The lowest BCUT2D eigenvalue weighted by Gasteiger charge is -2.38. The standard InChI is InChI=1S/C26H31F3N4O3/c1-15-16(2)23(36-10-9-30-18(4)34)7-6-22(15)17(3)32-13-21-11-20(32)14-33(21)25(35)19-5-8-24(31-12-19)26(27,28)29/h5-8,12,17,20-21H,9-11,13-14H2,1-4H3,(H,30,34)/t17-,20-,21-/m0/s1. The van der Waals surface area contributed by atoms with Crippen molar-refractivity contribution >= 4 is 11.8 Å². The first-order valence-electron chi connectivity index (χ1n) is 12.0. The number of fused-ring (bicyclic) bond motifs is 2. The quantitative estimate of drug-likeness (QED) is 0.579. The second-order valence-corrected chi connectivity index (χ2v) is 9.54. The van der Waals surface area contributed by atoms with Gasteiger partial charge in [-0.2, -0.15) is 13.2 Å². The number of piperazine rings is 1. The van der Waals surface area contributed by atoms with Crippen LogP contribution in [0.2, 0.25) is 0 Å². The fourth-order valence-electron chi connectivity index (χ4n) is 5.27. The lowest BCUT2D eigenvalue weighted by molar-refractivity contribution is -0.141. The Balaban J connectivity index is 1.39. The second-order valence-electron chi connectivity index (χ2n) is 9.54. The smallest absolute Gasteiger partial charge is 0.433 e. The predicted molar refractivity (Wildman–Crippen MR) is 128 cm³/mol. The van der Waals surface area contributed by atoms with Gasteiger partial charge in [-0.05, 0) is 62.1 Å². The van der Waals surface area contributed by atoms with E-state index >= 15 is 0 Å². The van der Waals surface area contributed by atoms with Gasteiger partial charge < -0.3 is 15.0 Å². The molecule has 0 unspecified atom stereocenters. The minimum Gasteiger partial charge on any atom is -0.491 e. The molecule has 3 heterocycles. The zero-order valence-corrected chi connectivity index (χ0v) is 20.9. The Labute approximate surface area is 208 Å². The lowest BCUT2D eigenvalue weighted by Crippen LogP contribution is -2.49. The van der Waals surface area contributed by atoms with Gasteiger partial charge in [0.15, 0.2) is 0 Å². The summed E-state index contributed by atoms with van der Waals surface area (Å²) in [4.78, 5) is 31.6. The number of amides is 2. The third-order valence-corrected chi connectivity index (χ3v) is 7.31. The molecule has 0 spiro atoms. The number of likely N-dealkylation sites (tertiary alicyclic amines) is 2. The number of alkyl halides is 3. The predicted octanol–water partition coefficient (Wildman–Crippen LogP) is 3.89. The third kappa shape index (κ3) is 5.18. The van der Waals surface area contributed by atoms with Crippen molar-refractivity contribution in [3.63, 3.8) is 0 Å². The molecule has 2 aromatic rings. The molecule has 2 bridgehead atoms. The fourth-order valence-corrected chi connectivity index (χ4v) is 5.27. The molecule has 2 amide bonds. The van der Waals surface area contributed by atoms with Crippen LogP contribution >= 0.6 is 0 Å². The van der Waals surface area contributed by atoms with Crippen LogP contribution < -0.4 is 10.1 Å². The minimum atomic E-state index is -4.53. The summed E-state index contributed by atoms with van der Waals surface area (Å²) >= 11 is 0. The van der Waals surface area contributed by atoms with Gasteiger partial charge >= 0.3 is 6.18 Å². The van der Waals surface area contributed by atoms with Crippen LogP contribution in [0.5, 0.6) is 5.75 Å². The van der Waals surface area contributed by atoms with Crippen molar-refractivity contribution in [2.24, 2.45) is 0 Å². The highest BCUT2D eigenvalue weighted by Crippen LogP contribution is 2.39. The van der Waals surface area contributed by atoms with Crippen LogP contribution in [0, 0.1) is 13.8 Å². The molecule has 2 saturated heterocycles. The number of aromatic nitrogens is 1. The van der Waals surface area contributed by atoms with Crippen LogP contribution in [0.15, 0.2) is 30.5 Å². The molecule has 36 heavy (non-hydrogen) atoms. The van der Waals surface area contributed by atoms with E-state index in [1.165, 1.54) is 18.6 Å². The molecule has 0 radical (unpaired) electrons. The second kappa shape index (κ2) is 10.1. The first-order valence-corrected chi connectivity index (χ1v) is 12.0. The lowest BCUT2D eigenvalue weighted by atomic mass is 9.96. The van der Waals surface area contributed by atoms with Gasteiger partial charge in [-0.15, -0.1) is 0 Å². The molecule has 10 heteroatoms. The van der Waals surface area contributed by atoms with E-state index in [-0.39, 0.29) is 35.5 Å². The first-order chi connectivity index (χ1) is 17.0. The first kappa shape index (κ1) is 25.9. The number of nitrogens with one attached hydrogen (secondary N) is 1. The number of nitrogens with zero attached hydrogens (tertiary/aromatic N) is 3. The molecule has 0 saturated carbocycles. The Morgan fingerprint density at radius 3 is 2.47 bits per heavy atom. The van der Waals surface area contributed by atoms with Crippen molar-refractivity contribution in [1.29, 1.82) is 0 Å². The zero-order valence-electron chi connectivity index (χ0n) is 20.9. The number of hydrogen-bond acceptors (Lipinski definition) is 5. The van der Waals surface area contributed by atoms with Gasteiger partial charge in [-0.1, -0.05) is 6.07 Å². The van der Waals surface area contributed by atoms with Gasteiger partial charge in [0.2, 0.25) is 5.91 Å². The van der Waals surface area contributed by atoms with E-state index in [9.17, 15) is 22.8 Å². The molecule has 2 fully saturated rings. The molecular weight excluding hydrogens is 473 g/mol. The number of ether oxygens (including phenoxy) is 1. The summed E-state index contributed by atoms with van der Waals surface area (Å²) in [5, 5.41) is 2.72. The summed E-state index contributed by atoms with van der Waals surface area (Å²) in [6.07, 6.45) is -2.67. The van der Waals surface area contributed by atoms with E-state index in [0.717, 1.165) is 35.6 Å². The average molecular weight is 505 g/mol. The molecule has 1 aromatic carbocycles. The summed E-state index contributed by atoms with van der Waals surface area (Å²) in [5.41, 5.74) is 2.57. The Hall–Kier alpha value is -3.14. The molecule has 2 aliphatic heterocycles. The van der Waals surface area contributed by atoms with Crippen molar-refractivity contribution in [3.8, 4) is 5.75 Å². The molecule has 4 rings (SSSR count). The van der Waals surface area contributed by atoms with Crippen molar-refractivity contribution in [2.45, 2.75) is 58.4 Å². The van der Waals surface area contributed by atoms with E-state index in [2.05, 4.69) is 35.1 Å². The summed E-state index contributed by atoms with van der Waals surface area (Å²) in [5.74, 6) is 0.425. The highest BCUT2D eigenvalue weighted by Gasteiger charge is 2.47. The largest absolute Gasteiger partial charge is 0.491 e. The third-order valence-electron chi connectivity index (χ3n) is 7.31. The van der Waals surface area contributed by atoms with E-state index in [1.54, 1.807) is 4.90 Å². The van der Waals surface area contributed by atoms with Crippen LogP contribution in [0.1, 0.15) is 59.1 Å². The monoisotopic (exact) mass is 504 g/mol. The van der Waals surface area contributed by atoms with Gasteiger partial charge in [0, 0.05) is 44.3 Å². The van der Waals surface area contributed by atoms with Gasteiger partial charge in [0.05, 0.1) is 12.1 Å². The van der Waals surface area contributed by atoms with Crippen LogP contribution in [0.25, 0.3) is 0 Å². The van der Waals surface area contributed by atoms with E-state index < -0.39 is 11.9 Å². The van der Waals surface area contributed by atoms with Gasteiger partial charge in [0.25, 0.3) is 5.91 Å². The molecule has 2 aliphatic rings. The van der Waals surface area contributed by atoms with Crippen molar-refractivity contribution in [2.75, 3.05) is 26.2 Å². The Bertz CT molecular complexity index is 1140. The molecule has 3 atom stereocenters. The van der Waals surface area contributed by atoms with Crippen molar-refractivity contribution in [1.82, 2.24) is 20.1 Å². The van der Waals surface area contributed by atoms with Crippen LogP contribution in [-0.2, 0) is 11.0 Å². The normalized spacial score (nSPS) is 20.5. The van der Waals surface area contributed by atoms with Crippen LogP contribution in [0.4, 0.5) is 13.2 Å². The highest BCUT2D eigenvalue weighted by molar-refractivity contribution is 5.94. The van der Waals surface area contributed by atoms with Crippen molar-refractivity contribution < 1.29 is 27.5 Å². The number of hydrogen-bond donors (Lipinski definition) is 1. The minimum absolute atomic E-state index is 0.0185. The highest BCUT2D eigenvalue weighted by atomic mass is 19.4. The summed E-state index contributed by atoms with van der Waals surface area (Å²) in [6.45, 7) is 9.81. The number of benzene rings is 1. The molecule has 194 valence electrons. The van der Waals surface area contributed by atoms with Gasteiger partial charge in [0.1, 0.15) is 18.1 Å². The number of rotatable bonds is 7. The van der Waals surface area contributed by atoms with Crippen LogP contribution in [-0.4, -0.2) is 64.9 Å². The number of carbonyl (C=O) groups is 2. The van der Waals surface area contributed by atoms with E-state index in [4.69, 9.17) is 4.74 Å². The summed E-state index contributed by atoms with van der Waals surface area (Å²) < 4.78 is 44.2. The van der Waals surface area contributed by atoms with Gasteiger partial charge in [-0.3, -0.25) is 19.5 Å². The Kier molecular flexibility index (Phi) is 7.26. The maximum absolute atomic E-state index is 13.0. The number of carbonyl (C=O) groups excluding carboxylic acids is 2. The maximum atomic E-state index is 13.0. The fraction of sp³-hybridized carbons (Fsp3) is 0.500. The van der Waals surface area contributed by atoms with Gasteiger partial charge in [-0.25, -0.2) is 0 Å². The van der Waals surface area contributed by atoms with E-state index in [0.29, 0.717) is 26.2 Å². The summed E-state index contributed by atoms with van der Waals surface area (Å²) in [7, 11) is 0. The Morgan fingerprint density at radius 2 is 1.89 bits per heavy atom. The SMILES string of the molecule is CC(=O)NCCOc1ccc([C@H](C)N2C[C@@H]3C[C@H]2CN3C(=O)c2ccc(C(F)(F)F)nc2)c(C)c1C. The topological polar surface area (TPSA) is 74.8 Å². The maximum Gasteiger partial charge on any atom is 0.433 e. The molecule has 1 N–H and O–H groups in total. The molecule has 7 nitrogen and oxygen atoms in total. The molecule has 0 aliphatic carbocycles.